The third-order valence-corrected chi connectivity index (χ3v) is 8.29. The molecule has 0 radical (unpaired) electrons. The third-order valence-electron chi connectivity index (χ3n) is 6.58. The van der Waals surface area contributed by atoms with E-state index in [-0.39, 0.29) is 11.7 Å². The van der Waals surface area contributed by atoms with E-state index in [4.69, 9.17) is 10.5 Å². The maximum Gasteiger partial charge on any atom is 0.224 e. The Morgan fingerprint density at radius 3 is 2.47 bits per heavy atom. The molecule has 34 heavy (non-hydrogen) atoms. The number of anilines is 1. The summed E-state index contributed by atoms with van der Waals surface area (Å²) in [4.78, 5) is 11.5. The zero-order chi connectivity index (χ0) is 25.0. The van der Waals surface area contributed by atoms with Crippen molar-refractivity contribution in [1.82, 2.24) is 9.78 Å². The van der Waals surface area contributed by atoms with Crippen molar-refractivity contribution in [2.45, 2.75) is 84.9 Å². The summed E-state index contributed by atoms with van der Waals surface area (Å²) in [7, 11) is -1.11. The van der Waals surface area contributed by atoms with E-state index in [0.717, 1.165) is 41.4 Å². The minimum atomic E-state index is -1.11. The zero-order valence-electron chi connectivity index (χ0n) is 21.6. The highest BCUT2D eigenvalue weighted by atomic mass is 28.3. The predicted octanol–water partition coefficient (Wildman–Crippen LogP) is 5.28. The number of phenols is 1. The van der Waals surface area contributed by atoms with E-state index < -0.39 is 8.07 Å². The van der Waals surface area contributed by atoms with Gasteiger partial charge in [-0.1, -0.05) is 26.6 Å². The Hall–Kier alpha value is -2.16. The summed E-state index contributed by atoms with van der Waals surface area (Å²) >= 11 is 0. The first kappa shape index (κ1) is 26.4. The quantitative estimate of drug-likeness (QED) is 0.331. The number of benzene rings is 1. The molecule has 188 valence electrons. The summed E-state index contributed by atoms with van der Waals surface area (Å²) in [6.07, 6.45) is 4.66. The summed E-state index contributed by atoms with van der Waals surface area (Å²) in [6, 6.07) is 6.90. The number of phenolic OH excluding ortho intramolecular Hbond substituents is 1. The number of rotatable bonds is 9. The number of aryl methyl sites for hydroxylation is 1. The van der Waals surface area contributed by atoms with Crippen LogP contribution in [0.3, 0.4) is 0 Å². The van der Waals surface area contributed by atoms with Gasteiger partial charge in [-0.3, -0.25) is 4.79 Å². The van der Waals surface area contributed by atoms with E-state index in [9.17, 15) is 9.90 Å². The summed E-state index contributed by atoms with van der Waals surface area (Å²) in [6.45, 7) is 13.8. The van der Waals surface area contributed by atoms with Crippen molar-refractivity contribution in [2.75, 3.05) is 11.9 Å². The Morgan fingerprint density at radius 2 is 1.97 bits per heavy atom. The Kier molecular flexibility index (Phi) is 8.60. The molecule has 0 spiro atoms. The number of aromatic hydroxyl groups is 1. The van der Waals surface area contributed by atoms with Gasteiger partial charge in [0.05, 0.1) is 5.69 Å². The zero-order valence-corrected chi connectivity index (χ0v) is 22.6. The van der Waals surface area contributed by atoms with Gasteiger partial charge >= 0.3 is 0 Å². The molecule has 4 rings (SSSR count). The fourth-order valence-corrected chi connectivity index (χ4v) is 4.87. The van der Waals surface area contributed by atoms with Gasteiger partial charge in [0.2, 0.25) is 5.91 Å². The molecule has 8 heteroatoms. The van der Waals surface area contributed by atoms with Crippen molar-refractivity contribution < 1.29 is 14.6 Å². The maximum atomic E-state index is 11.5. The van der Waals surface area contributed by atoms with Crippen molar-refractivity contribution in [1.29, 1.82) is 0 Å². The van der Waals surface area contributed by atoms with E-state index in [1.165, 1.54) is 19.3 Å². The average Bonchev–Trinajstić information content (AvgIpc) is 3.67. The molecule has 1 aromatic carbocycles. The second kappa shape index (κ2) is 11.1. The monoisotopic (exact) mass is 486 g/mol. The van der Waals surface area contributed by atoms with Crippen molar-refractivity contribution in [2.24, 2.45) is 17.6 Å². The Morgan fingerprint density at radius 1 is 1.29 bits per heavy atom. The molecule has 2 atom stereocenters. The molecular weight excluding hydrogens is 444 g/mol. The number of ether oxygens (including phenoxy) is 1. The highest BCUT2D eigenvalue weighted by Crippen LogP contribution is 2.48. The van der Waals surface area contributed by atoms with Gasteiger partial charge in [-0.2, -0.15) is 5.10 Å². The molecule has 2 saturated carbocycles. The van der Waals surface area contributed by atoms with Gasteiger partial charge < -0.3 is 20.9 Å². The molecule has 4 N–H and O–H groups in total. The van der Waals surface area contributed by atoms with Crippen LogP contribution in [0.4, 0.5) is 5.69 Å². The highest BCUT2D eigenvalue weighted by molar-refractivity contribution is 6.76. The molecule has 1 aromatic heterocycles. The van der Waals surface area contributed by atoms with Crippen LogP contribution in [0.1, 0.15) is 44.0 Å². The number of nitrogens with two attached hydrogens (primary N) is 1. The number of hydrogen-bond donors (Lipinski definition) is 3. The molecule has 1 heterocycles. The van der Waals surface area contributed by atoms with Crippen LogP contribution in [0.2, 0.25) is 25.7 Å². The number of nitrogens with one attached hydrogen (secondary N) is 1. The summed E-state index contributed by atoms with van der Waals surface area (Å²) < 4.78 is 7.65. The van der Waals surface area contributed by atoms with Gasteiger partial charge in [-0.05, 0) is 63.1 Å². The van der Waals surface area contributed by atoms with E-state index >= 15 is 0 Å². The van der Waals surface area contributed by atoms with E-state index in [1.54, 1.807) is 19.1 Å². The number of amides is 1. The molecular formula is C26H42N4O3Si. The molecule has 0 aliphatic heterocycles. The van der Waals surface area contributed by atoms with Crippen LogP contribution in [0.15, 0.2) is 18.2 Å². The first-order valence-electron chi connectivity index (χ1n) is 12.5. The van der Waals surface area contributed by atoms with E-state index in [2.05, 4.69) is 30.1 Å². The van der Waals surface area contributed by atoms with Crippen LogP contribution in [0.25, 0.3) is 11.1 Å². The van der Waals surface area contributed by atoms with Gasteiger partial charge in [0.15, 0.2) is 0 Å². The second-order valence-corrected chi connectivity index (χ2v) is 16.5. The van der Waals surface area contributed by atoms with Crippen LogP contribution in [-0.4, -0.2) is 41.5 Å². The molecule has 2 aliphatic carbocycles. The van der Waals surface area contributed by atoms with Gasteiger partial charge in [0.25, 0.3) is 0 Å². The van der Waals surface area contributed by atoms with Gasteiger partial charge in [0.1, 0.15) is 12.5 Å². The van der Waals surface area contributed by atoms with Crippen LogP contribution < -0.4 is 11.1 Å². The predicted molar refractivity (Wildman–Crippen MR) is 141 cm³/mol. The highest BCUT2D eigenvalue weighted by Gasteiger charge is 2.45. The molecule has 2 aliphatic rings. The standard InChI is InChI=1S/C20H31N3O3Si.C6H11N/c1-7-19(25)21-16-8-9-17(18(24)12-16)20-14(2)22-23(15(20)3)13-26-10-11-27(4,5)6;7-6-3-5(6)4-1-2-4/h8-9,12,24H,7,10-11,13H2,1-6H3,(H,21,25);4-6H,1-3,7H2/t;5?,6-/m.0/s1. The minimum absolute atomic E-state index is 0.0854. The largest absolute Gasteiger partial charge is 0.507 e. The van der Waals surface area contributed by atoms with Crippen molar-refractivity contribution in [3.63, 3.8) is 0 Å². The topological polar surface area (TPSA) is 102 Å². The number of carbonyl (C=O) groups excluding carboxylic acids is 1. The number of nitrogens with zero attached hydrogens (tertiary/aromatic N) is 2. The summed E-state index contributed by atoms with van der Waals surface area (Å²) in [5.41, 5.74) is 9.57. The fraction of sp³-hybridized carbons (Fsp3) is 0.615. The van der Waals surface area contributed by atoms with Crippen LogP contribution in [-0.2, 0) is 16.3 Å². The first-order valence-corrected chi connectivity index (χ1v) is 16.2. The Bertz CT molecular complexity index is 995. The molecule has 0 saturated heterocycles. The van der Waals surface area contributed by atoms with Crippen molar-refractivity contribution >= 4 is 19.7 Å². The lowest BCUT2D eigenvalue weighted by atomic mass is 10.0. The van der Waals surface area contributed by atoms with E-state index in [0.29, 0.717) is 30.4 Å². The molecule has 1 unspecified atom stereocenters. The number of carbonyl (C=O) groups is 1. The fourth-order valence-electron chi connectivity index (χ4n) is 4.11. The summed E-state index contributed by atoms with van der Waals surface area (Å²) in [5.74, 6) is 2.06. The number of aromatic nitrogens is 2. The van der Waals surface area contributed by atoms with Crippen molar-refractivity contribution in [3.8, 4) is 16.9 Å². The van der Waals surface area contributed by atoms with Gasteiger partial charge in [-0.25, -0.2) is 4.68 Å². The molecule has 1 amide bonds. The molecule has 0 bridgehead atoms. The molecule has 2 fully saturated rings. The van der Waals surface area contributed by atoms with E-state index in [1.807, 2.05) is 24.6 Å². The first-order chi connectivity index (χ1) is 16.0. The SMILES string of the molecule is CCC(=O)Nc1ccc(-c2c(C)nn(COCC[Si](C)(C)C)c2C)c(O)c1.N[C@H]1CC1C1CC1. The lowest BCUT2D eigenvalue weighted by molar-refractivity contribution is -0.115. The van der Waals surface area contributed by atoms with Crippen LogP contribution in [0.5, 0.6) is 5.75 Å². The number of hydrogen-bond acceptors (Lipinski definition) is 5. The van der Waals surface area contributed by atoms with Gasteiger partial charge in [0, 0.05) is 55.7 Å². The van der Waals surface area contributed by atoms with Crippen molar-refractivity contribution in [3.05, 3.63) is 29.6 Å². The lowest BCUT2D eigenvalue weighted by Crippen LogP contribution is -2.22. The smallest absolute Gasteiger partial charge is 0.224 e. The second-order valence-electron chi connectivity index (χ2n) is 10.9. The van der Waals surface area contributed by atoms with Crippen LogP contribution >= 0.6 is 0 Å². The lowest BCUT2D eigenvalue weighted by Gasteiger charge is -2.15. The normalized spacial score (nSPS) is 19.4. The minimum Gasteiger partial charge on any atom is -0.507 e. The molecule has 2 aromatic rings. The Labute approximate surface area is 205 Å². The summed E-state index contributed by atoms with van der Waals surface area (Å²) in [5, 5.41) is 17.8. The van der Waals surface area contributed by atoms with Gasteiger partial charge in [-0.15, -0.1) is 0 Å². The maximum absolute atomic E-state index is 11.5. The average molecular weight is 487 g/mol. The third kappa shape index (κ3) is 7.42. The Balaban J connectivity index is 0.000000387. The van der Waals surface area contributed by atoms with Crippen LogP contribution in [0, 0.1) is 25.7 Å². The molecule has 7 nitrogen and oxygen atoms in total.